The molecule has 0 radical (unpaired) electrons. The van der Waals surface area contributed by atoms with Crippen LogP contribution in [-0.2, 0) is 6.18 Å². The van der Waals surface area contributed by atoms with Crippen LogP contribution in [0.25, 0.3) is 5.69 Å². The fraction of sp³-hybridized carbons (Fsp3) is 0.308. The number of hydrogen-bond acceptors (Lipinski definition) is 2. The van der Waals surface area contributed by atoms with Gasteiger partial charge in [0.2, 0.25) is 0 Å². The van der Waals surface area contributed by atoms with Gasteiger partial charge in [-0.15, -0.1) is 0 Å². The third-order valence-corrected chi connectivity index (χ3v) is 3.70. The number of para-hydroxylation sites is 1. The van der Waals surface area contributed by atoms with Crippen LogP contribution in [-0.4, -0.2) is 22.6 Å². The van der Waals surface area contributed by atoms with Gasteiger partial charge in [0.1, 0.15) is 0 Å². The van der Waals surface area contributed by atoms with Crippen molar-refractivity contribution in [2.75, 3.05) is 13.1 Å². The van der Waals surface area contributed by atoms with Crippen molar-refractivity contribution >= 4 is 11.6 Å². The SMILES string of the molecule is FC(F)(F)c1cccc(Cl)c1-n1cncc1C1CNC1. The molecule has 3 nitrogen and oxygen atoms in total. The van der Waals surface area contributed by atoms with Crippen LogP contribution in [0.15, 0.2) is 30.7 Å². The van der Waals surface area contributed by atoms with E-state index >= 15 is 0 Å². The van der Waals surface area contributed by atoms with Crippen molar-refractivity contribution in [2.45, 2.75) is 12.1 Å². The molecule has 0 aliphatic carbocycles. The van der Waals surface area contributed by atoms with Gasteiger partial charge in [0, 0.05) is 30.9 Å². The fourth-order valence-corrected chi connectivity index (χ4v) is 2.55. The minimum absolute atomic E-state index is 0.0546. The first-order valence-electron chi connectivity index (χ1n) is 6.07. The van der Waals surface area contributed by atoms with Gasteiger partial charge < -0.3 is 9.88 Å². The Labute approximate surface area is 118 Å². The molecule has 0 atom stereocenters. The van der Waals surface area contributed by atoms with E-state index in [4.69, 9.17) is 11.6 Å². The van der Waals surface area contributed by atoms with Crippen molar-refractivity contribution in [1.82, 2.24) is 14.9 Å². The molecule has 0 amide bonds. The van der Waals surface area contributed by atoms with Gasteiger partial charge in [-0.25, -0.2) is 4.98 Å². The zero-order valence-corrected chi connectivity index (χ0v) is 11.0. The molecule has 7 heteroatoms. The van der Waals surface area contributed by atoms with Gasteiger partial charge >= 0.3 is 6.18 Å². The molecular formula is C13H11ClF3N3. The van der Waals surface area contributed by atoms with E-state index in [1.54, 1.807) is 6.20 Å². The highest BCUT2D eigenvalue weighted by Crippen LogP contribution is 2.38. The summed E-state index contributed by atoms with van der Waals surface area (Å²) >= 11 is 6.00. The van der Waals surface area contributed by atoms with Gasteiger partial charge in [-0.05, 0) is 12.1 Å². The topological polar surface area (TPSA) is 29.9 Å². The summed E-state index contributed by atoms with van der Waals surface area (Å²) in [6, 6.07) is 3.79. The average molecular weight is 302 g/mol. The maximum Gasteiger partial charge on any atom is 0.418 e. The molecule has 106 valence electrons. The molecule has 1 aromatic heterocycles. The largest absolute Gasteiger partial charge is 0.418 e. The Bertz CT molecular complexity index is 632. The lowest BCUT2D eigenvalue weighted by Gasteiger charge is -2.28. The van der Waals surface area contributed by atoms with Gasteiger partial charge in [0.25, 0.3) is 0 Å². The number of imidazole rings is 1. The van der Waals surface area contributed by atoms with E-state index in [-0.39, 0.29) is 16.6 Å². The summed E-state index contributed by atoms with van der Waals surface area (Å²) < 4.78 is 40.9. The summed E-state index contributed by atoms with van der Waals surface area (Å²) in [5, 5.41) is 3.15. The highest BCUT2D eigenvalue weighted by molar-refractivity contribution is 6.32. The van der Waals surface area contributed by atoms with Gasteiger partial charge in [-0.2, -0.15) is 13.2 Å². The Morgan fingerprint density at radius 3 is 2.65 bits per heavy atom. The van der Waals surface area contributed by atoms with E-state index in [2.05, 4.69) is 10.3 Å². The van der Waals surface area contributed by atoms with Crippen LogP contribution in [0.4, 0.5) is 13.2 Å². The van der Waals surface area contributed by atoms with Gasteiger partial charge in [-0.1, -0.05) is 17.7 Å². The molecular weight excluding hydrogens is 291 g/mol. The third kappa shape index (κ3) is 2.19. The number of rotatable bonds is 2. The number of nitrogens with one attached hydrogen (secondary N) is 1. The smallest absolute Gasteiger partial charge is 0.315 e. The molecule has 0 saturated carbocycles. The lowest BCUT2D eigenvalue weighted by molar-refractivity contribution is -0.137. The molecule has 0 spiro atoms. The molecule has 1 N–H and O–H groups in total. The molecule has 1 saturated heterocycles. The molecule has 1 aliphatic heterocycles. The number of aromatic nitrogens is 2. The number of benzene rings is 1. The lowest BCUT2D eigenvalue weighted by atomic mass is 9.99. The lowest BCUT2D eigenvalue weighted by Crippen LogP contribution is -2.40. The van der Waals surface area contributed by atoms with Gasteiger partial charge in [-0.3, -0.25) is 0 Å². The zero-order chi connectivity index (χ0) is 14.3. The van der Waals surface area contributed by atoms with Crippen molar-refractivity contribution in [3.8, 4) is 5.69 Å². The van der Waals surface area contributed by atoms with E-state index in [1.165, 1.54) is 23.0 Å². The summed E-state index contributed by atoms with van der Waals surface area (Å²) in [4.78, 5) is 3.97. The first kappa shape index (κ1) is 13.5. The second kappa shape index (κ2) is 4.79. The third-order valence-electron chi connectivity index (χ3n) is 3.40. The Kier molecular flexibility index (Phi) is 3.22. The van der Waals surface area contributed by atoms with Gasteiger partial charge in [0.05, 0.1) is 22.6 Å². The maximum absolute atomic E-state index is 13.1. The van der Waals surface area contributed by atoms with Crippen molar-refractivity contribution in [1.29, 1.82) is 0 Å². The summed E-state index contributed by atoms with van der Waals surface area (Å²) in [5.41, 5.74) is -0.0695. The van der Waals surface area contributed by atoms with Gasteiger partial charge in [0.15, 0.2) is 0 Å². The Morgan fingerprint density at radius 2 is 2.05 bits per heavy atom. The molecule has 1 aromatic carbocycles. The Morgan fingerprint density at radius 1 is 1.30 bits per heavy atom. The number of hydrogen-bond donors (Lipinski definition) is 1. The minimum Gasteiger partial charge on any atom is -0.315 e. The molecule has 1 aliphatic rings. The fourth-order valence-electron chi connectivity index (χ4n) is 2.28. The minimum atomic E-state index is -4.46. The average Bonchev–Trinajstić information content (AvgIpc) is 2.74. The van der Waals surface area contributed by atoms with Crippen molar-refractivity contribution in [3.05, 3.63) is 47.0 Å². The van der Waals surface area contributed by atoms with E-state index in [9.17, 15) is 13.2 Å². The number of alkyl halides is 3. The normalized spacial score (nSPS) is 16.2. The molecule has 2 aromatic rings. The zero-order valence-electron chi connectivity index (χ0n) is 10.3. The monoisotopic (exact) mass is 301 g/mol. The predicted molar refractivity (Wildman–Crippen MR) is 69.2 cm³/mol. The van der Waals surface area contributed by atoms with Crippen molar-refractivity contribution < 1.29 is 13.2 Å². The summed E-state index contributed by atoms with van der Waals surface area (Å²) in [6.07, 6.45) is -1.49. The first-order valence-corrected chi connectivity index (χ1v) is 6.45. The molecule has 0 bridgehead atoms. The summed E-state index contributed by atoms with van der Waals surface area (Å²) in [7, 11) is 0. The van der Waals surface area contributed by atoms with E-state index in [0.717, 1.165) is 24.8 Å². The van der Waals surface area contributed by atoms with Crippen LogP contribution >= 0.6 is 11.6 Å². The Balaban J connectivity index is 2.17. The highest BCUT2D eigenvalue weighted by atomic mass is 35.5. The number of nitrogens with zero attached hydrogens (tertiary/aromatic N) is 2. The molecule has 20 heavy (non-hydrogen) atoms. The van der Waals surface area contributed by atoms with Crippen LogP contribution in [0.5, 0.6) is 0 Å². The standard InChI is InChI=1S/C13H11ClF3N3/c14-10-3-1-2-9(13(15,16)17)12(10)20-7-19-6-11(20)8-4-18-5-8/h1-3,6-8,18H,4-5H2. The van der Waals surface area contributed by atoms with E-state index in [1.807, 2.05) is 0 Å². The molecule has 0 unspecified atom stereocenters. The first-order chi connectivity index (χ1) is 9.48. The molecule has 3 rings (SSSR count). The van der Waals surface area contributed by atoms with Crippen LogP contribution in [0.2, 0.25) is 5.02 Å². The Hall–Kier alpha value is -1.53. The summed E-state index contributed by atoms with van der Waals surface area (Å²) in [5.74, 6) is 0.162. The second-order valence-electron chi connectivity index (χ2n) is 4.68. The van der Waals surface area contributed by atoms with Crippen molar-refractivity contribution in [2.24, 2.45) is 0 Å². The number of halogens is 4. The van der Waals surface area contributed by atoms with Crippen LogP contribution in [0.1, 0.15) is 17.2 Å². The van der Waals surface area contributed by atoms with Crippen LogP contribution < -0.4 is 5.32 Å². The maximum atomic E-state index is 13.1. The quantitative estimate of drug-likeness (QED) is 0.923. The van der Waals surface area contributed by atoms with E-state index < -0.39 is 11.7 Å². The van der Waals surface area contributed by atoms with Crippen LogP contribution in [0.3, 0.4) is 0 Å². The second-order valence-corrected chi connectivity index (χ2v) is 5.08. The predicted octanol–water partition coefficient (Wildman–Crippen LogP) is 3.23. The molecule has 1 fully saturated rings. The van der Waals surface area contributed by atoms with Crippen LogP contribution in [0, 0.1) is 0 Å². The van der Waals surface area contributed by atoms with Crippen molar-refractivity contribution in [3.63, 3.8) is 0 Å². The highest BCUT2D eigenvalue weighted by Gasteiger charge is 2.36. The summed E-state index contributed by atoms with van der Waals surface area (Å²) in [6.45, 7) is 1.47. The molecule has 2 heterocycles. The van der Waals surface area contributed by atoms with E-state index in [0.29, 0.717) is 0 Å².